The van der Waals surface area contributed by atoms with Crippen molar-refractivity contribution in [2.24, 2.45) is 0 Å². The van der Waals surface area contributed by atoms with Crippen LogP contribution in [0.5, 0.6) is 5.75 Å². The number of fused-ring (bicyclic) bond motifs is 1. The monoisotopic (exact) mass is 419 g/mol. The number of rotatable bonds is 7. The highest BCUT2D eigenvalue weighted by Gasteiger charge is 2.14. The summed E-state index contributed by atoms with van der Waals surface area (Å²) in [6.45, 7) is 0. The molecule has 0 atom stereocenters. The van der Waals surface area contributed by atoms with Crippen LogP contribution in [0.4, 0.5) is 5.69 Å². The van der Waals surface area contributed by atoms with Crippen LogP contribution in [0.2, 0.25) is 0 Å². The van der Waals surface area contributed by atoms with Gasteiger partial charge in [0.2, 0.25) is 11.1 Å². The summed E-state index contributed by atoms with van der Waals surface area (Å²) < 4.78 is 6.61. The zero-order valence-electron chi connectivity index (χ0n) is 16.4. The molecular formula is C22H21N5O2S. The minimum absolute atomic E-state index is 0.160. The number of methoxy groups -OCH3 is 1. The van der Waals surface area contributed by atoms with Gasteiger partial charge in [0.15, 0.2) is 5.82 Å². The van der Waals surface area contributed by atoms with Crippen molar-refractivity contribution in [3.8, 4) is 5.75 Å². The summed E-state index contributed by atoms with van der Waals surface area (Å²) in [4.78, 5) is 12.3. The lowest BCUT2D eigenvalue weighted by Crippen LogP contribution is -2.17. The zero-order valence-corrected chi connectivity index (χ0v) is 17.2. The number of ether oxygens (including phenoxy) is 1. The molecule has 1 amide bonds. The quantitative estimate of drug-likeness (QED) is 0.352. The van der Waals surface area contributed by atoms with E-state index in [4.69, 9.17) is 10.6 Å². The van der Waals surface area contributed by atoms with Crippen LogP contribution in [0.1, 0.15) is 11.4 Å². The van der Waals surface area contributed by atoms with E-state index in [0.717, 1.165) is 10.9 Å². The molecule has 4 rings (SSSR count). The number of nitrogen functional groups attached to an aromatic ring is 1. The molecule has 3 N–H and O–H groups in total. The Morgan fingerprint density at radius 3 is 2.77 bits per heavy atom. The molecule has 0 bridgehead atoms. The molecule has 7 nitrogen and oxygen atoms in total. The second-order valence-corrected chi connectivity index (χ2v) is 7.60. The average Bonchev–Trinajstić information content (AvgIpc) is 3.12. The van der Waals surface area contributed by atoms with E-state index in [0.29, 0.717) is 28.8 Å². The van der Waals surface area contributed by atoms with Crippen LogP contribution in [-0.4, -0.2) is 33.6 Å². The van der Waals surface area contributed by atoms with E-state index in [1.807, 2.05) is 30.3 Å². The molecule has 1 heterocycles. The second kappa shape index (κ2) is 8.87. The van der Waals surface area contributed by atoms with Gasteiger partial charge in [-0.1, -0.05) is 60.3 Å². The molecule has 8 heteroatoms. The first kappa shape index (κ1) is 19.8. The number of hydrogen-bond donors (Lipinski definition) is 2. The van der Waals surface area contributed by atoms with Crippen LogP contribution in [0.3, 0.4) is 0 Å². The standard InChI is InChI=1S/C22H21N5O2S/c1-29-18-10-5-9-17(13-18)24-21(28)14-30-22-26-25-20(27(22)23)12-16-8-4-7-15-6-2-3-11-19(15)16/h2-11,13H,12,14,23H2,1H3,(H,24,28). The van der Waals surface area contributed by atoms with Gasteiger partial charge in [-0.2, -0.15) is 0 Å². The summed E-state index contributed by atoms with van der Waals surface area (Å²) in [5.41, 5.74) is 1.80. The van der Waals surface area contributed by atoms with Gasteiger partial charge in [0.05, 0.1) is 12.9 Å². The number of aromatic nitrogens is 3. The van der Waals surface area contributed by atoms with Crippen molar-refractivity contribution >= 4 is 34.1 Å². The van der Waals surface area contributed by atoms with E-state index >= 15 is 0 Å². The number of benzene rings is 3. The number of nitrogens with one attached hydrogen (secondary N) is 1. The van der Waals surface area contributed by atoms with Crippen LogP contribution in [0, 0.1) is 0 Å². The highest BCUT2D eigenvalue weighted by molar-refractivity contribution is 7.99. The third kappa shape index (κ3) is 4.38. The Bertz CT molecular complexity index is 1190. The molecule has 0 fully saturated rings. The fraction of sp³-hybridized carbons (Fsp3) is 0.136. The molecule has 0 radical (unpaired) electrons. The molecule has 0 saturated carbocycles. The third-order valence-electron chi connectivity index (χ3n) is 4.65. The number of hydrogen-bond acceptors (Lipinski definition) is 6. The maximum Gasteiger partial charge on any atom is 0.234 e. The van der Waals surface area contributed by atoms with Crippen molar-refractivity contribution in [3.05, 3.63) is 78.1 Å². The fourth-order valence-electron chi connectivity index (χ4n) is 3.17. The van der Waals surface area contributed by atoms with Gasteiger partial charge in [-0.05, 0) is 28.5 Å². The summed E-state index contributed by atoms with van der Waals surface area (Å²) in [6.07, 6.45) is 0.557. The number of thioether (sulfide) groups is 1. The van der Waals surface area contributed by atoms with E-state index in [2.05, 4.69) is 39.8 Å². The molecule has 30 heavy (non-hydrogen) atoms. The van der Waals surface area contributed by atoms with Crippen molar-refractivity contribution in [2.75, 3.05) is 24.0 Å². The Hall–Kier alpha value is -3.52. The SMILES string of the molecule is COc1cccc(NC(=O)CSc2nnc(Cc3cccc4ccccc34)n2N)c1. The Labute approximate surface area is 178 Å². The van der Waals surface area contributed by atoms with Crippen LogP contribution in [0.15, 0.2) is 71.9 Å². The maximum absolute atomic E-state index is 12.3. The van der Waals surface area contributed by atoms with E-state index in [1.54, 1.807) is 19.2 Å². The van der Waals surface area contributed by atoms with Crippen molar-refractivity contribution in [1.29, 1.82) is 0 Å². The first-order valence-corrected chi connectivity index (χ1v) is 10.4. The fourth-order valence-corrected chi connectivity index (χ4v) is 3.85. The van der Waals surface area contributed by atoms with Crippen LogP contribution in [-0.2, 0) is 11.2 Å². The zero-order chi connectivity index (χ0) is 20.9. The summed E-state index contributed by atoms with van der Waals surface area (Å²) in [5.74, 6) is 7.52. The predicted molar refractivity (Wildman–Crippen MR) is 119 cm³/mol. The van der Waals surface area contributed by atoms with E-state index in [-0.39, 0.29) is 11.7 Å². The normalized spacial score (nSPS) is 10.8. The second-order valence-electron chi connectivity index (χ2n) is 6.65. The van der Waals surface area contributed by atoms with Crippen LogP contribution >= 0.6 is 11.8 Å². The van der Waals surface area contributed by atoms with Crippen molar-refractivity contribution in [3.63, 3.8) is 0 Å². The first-order valence-electron chi connectivity index (χ1n) is 9.37. The minimum Gasteiger partial charge on any atom is -0.497 e. The summed E-state index contributed by atoms with van der Waals surface area (Å²) in [6, 6.07) is 21.6. The third-order valence-corrected chi connectivity index (χ3v) is 5.59. The van der Waals surface area contributed by atoms with E-state index in [9.17, 15) is 4.79 Å². The molecule has 0 saturated heterocycles. The molecular weight excluding hydrogens is 398 g/mol. The predicted octanol–water partition coefficient (Wildman–Crippen LogP) is 3.48. The Morgan fingerprint density at radius 2 is 1.90 bits per heavy atom. The highest BCUT2D eigenvalue weighted by Crippen LogP contribution is 2.22. The Balaban J connectivity index is 1.41. The summed E-state index contributed by atoms with van der Waals surface area (Å²) >= 11 is 1.24. The summed E-state index contributed by atoms with van der Waals surface area (Å²) in [5, 5.41) is 14.0. The average molecular weight is 420 g/mol. The van der Waals surface area contributed by atoms with Crippen LogP contribution < -0.4 is 15.9 Å². The van der Waals surface area contributed by atoms with Gasteiger partial charge in [-0.25, -0.2) is 4.68 Å². The number of carbonyl (C=O) groups excluding carboxylic acids is 1. The molecule has 3 aromatic carbocycles. The lowest BCUT2D eigenvalue weighted by Gasteiger charge is -2.08. The molecule has 0 spiro atoms. The number of nitrogens with two attached hydrogens (primary N) is 1. The van der Waals surface area contributed by atoms with Gasteiger partial charge >= 0.3 is 0 Å². The molecule has 0 aliphatic heterocycles. The Morgan fingerprint density at radius 1 is 1.10 bits per heavy atom. The van der Waals surface area contributed by atoms with E-state index < -0.39 is 0 Å². The number of anilines is 1. The van der Waals surface area contributed by atoms with Crippen molar-refractivity contribution in [1.82, 2.24) is 14.9 Å². The largest absolute Gasteiger partial charge is 0.497 e. The molecule has 0 unspecified atom stereocenters. The first-order chi connectivity index (χ1) is 14.6. The van der Waals surface area contributed by atoms with Crippen molar-refractivity contribution in [2.45, 2.75) is 11.6 Å². The van der Waals surface area contributed by atoms with Gasteiger partial charge in [-0.15, -0.1) is 10.2 Å². The summed E-state index contributed by atoms with van der Waals surface area (Å²) in [7, 11) is 1.58. The number of amides is 1. The maximum atomic E-state index is 12.3. The molecule has 1 aromatic heterocycles. The Kier molecular flexibility index (Phi) is 5.85. The topological polar surface area (TPSA) is 95.1 Å². The number of carbonyl (C=O) groups is 1. The van der Waals surface area contributed by atoms with E-state index in [1.165, 1.54) is 21.8 Å². The lowest BCUT2D eigenvalue weighted by molar-refractivity contribution is -0.113. The van der Waals surface area contributed by atoms with Gasteiger partial charge in [0, 0.05) is 18.2 Å². The molecule has 0 aliphatic carbocycles. The highest BCUT2D eigenvalue weighted by atomic mass is 32.2. The van der Waals surface area contributed by atoms with Crippen molar-refractivity contribution < 1.29 is 9.53 Å². The molecule has 152 valence electrons. The van der Waals surface area contributed by atoms with Gasteiger partial charge < -0.3 is 15.9 Å². The molecule has 4 aromatic rings. The smallest absolute Gasteiger partial charge is 0.234 e. The van der Waals surface area contributed by atoms with Gasteiger partial charge in [-0.3, -0.25) is 4.79 Å². The molecule has 0 aliphatic rings. The lowest BCUT2D eigenvalue weighted by atomic mass is 10.0. The minimum atomic E-state index is -0.160. The van der Waals surface area contributed by atoms with Gasteiger partial charge in [0.1, 0.15) is 5.75 Å². The van der Waals surface area contributed by atoms with Gasteiger partial charge in [0.25, 0.3) is 0 Å². The number of nitrogens with zero attached hydrogens (tertiary/aromatic N) is 3. The van der Waals surface area contributed by atoms with Crippen LogP contribution in [0.25, 0.3) is 10.8 Å².